The molecule has 0 aromatic carbocycles. The van der Waals surface area contributed by atoms with Crippen LogP contribution in [-0.2, 0) is 0 Å². The first-order chi connectivity index (χ1) is 6.95. The van der Waals surface area contributed by atoms with Gasteiger partial charge in [0.25, 0.3) is 0 Å². The highest BCUT2D eigenvalue weighted by Gasteiger charge is 2.12. The first kappa shape index (κ1) is 13.1. The normalized spacial score (nSPS) is 28.9. The zero-order chi connectivity index (χ0) is 9.64. The quantitative estimate of drug-likeness (QED) is 0.713. The Labute approximate surface area is 100 Å². The Morgan fingerprint density at radius 1 is 0.800 bits per heavy atom. The van der Waals surface area contributed by atoms with E-state index in [9.17, 15) is 0 Å². The third kappa shape index (κ3) is 4.56. The number of nitrogens with one attached hydrogen (secondary N) is 1. The molecule has 1 nitrogen and oxygen atoms in total. The Morgan fingerprint density at radius 3 is 2.20 bits per heavy atom. The Bertz CT molecular complexity index is 159. The smallest absolute Gasteiger partial charge is 0.0250 e. The van der Waals surface area contributed by atoms with E-state index in [2.05, 4.69) is 17.5 Å². The van der Waals surface area contributed by atoms with Crippen LogP contribution in [0.2, 0.25) is 0 Å². The molecule has 1 N–H and O–H groups in total. The van der Waals surface area contributed by atoms with Gasteiger partial charge < -0.3 is 5.32 Å². The van der Waals surface area contributed by atoms with Gasteiger partial charge in [-0.15, -0.1) is 12.4 Å². The lowest BCUT2D eigenvalue weighted by molar-refractivity contribution is 0.412. The monoisotopic (exact) mass is 229 g/mol. The van der Waals surface area contributed by atoms with Gasteiger partial charge in [0.15, 0.2) is 0 Å². The lowest BCUT2D eigenvalue weighted by Gasteiger charge is -2.22. The van der Waals surface area contributed by atoms with Crippen LogP contribution in [0.5, 0.6) is 0 Å². The molecule has 2 aliphatic rings. The highest BCUT2D eigenvalue weighted by Crippen LogP contribution is 2.24. The van der Waals surface area contributed by atoms with Crippen LogP contribution in [0.1, 0.15) is 51.4 Å². The van der Waals surface area contributed by atoms with Gasteiger partial charge in [-0.3, -0.25) is 0 Å². The van der Waals surface area contributed by atoms with Crippen LogP contribution in [0.25, 0.3) is 0 Å². The first-order valence-electron chi connectivity index (χ1n) is 6.37. The zero-order valence-electron chi connectivity index (χ0n) is 9.58. The minimum Gasteiger partial charge on any atom is -0.311 e. The summed E-state index contributed by atoms with van der Waals surface area (Å²) in [6.07, 6.45) is 16.3. The molecule has 1 saturated carbocycles. The van der Waals surface area contributed by atoms with Crippen molar-refractivity contribution in [1.82, 2.24) is 5.32 Å². The van der Waals surface area contributed by atoms with E-state index >= 15 is 0 Å². The molecule has 15 heavy (non-hydrogen) atoms. The highest BCUT2D eigenvalue weighted by atomic mass is 35.5. The third-order valence-electron chi connectivity index (χ3n) is 3.61. The molecule has 0 amide bonds. The van der Waals surface area contributed by atoms with E-state index in [0.717, 1.165) is 5.92 Å². The summed E-state index contributed by atoms with van der Waals surface area (Å²) in [7, 11) is 0. The molecule has 1 aliphatic heterocycles. The van der Waals surface area contributed by atoms with Crippen LogP contribution in [0.15, 0.2) is 12.2 Å². The predicted molar refractivity (Wildman–Crippen MR) is 68.6 cm³/mol. The molecular formula is C13H24ClN. The van der Waals surface area contributed by atoms with E-state index in [1.54, 1.807) is 0 Å². The number of hydrogen-bond acceptors (Lipinski definition) is 1. The van der Waals surface area contributed by atoms with Gasteiger partial charge in [-0.2, -0.15) is 0 Å². The summed E-state index contributed by atoms with van der Waals surface area (Å²) in [6.45, 7) is 1.22. The molecule has 0 radical (unpaired) electrons. The number of piperidine rings is 1. The average Bonchev–Trinajstić information content (AvgIpc) is 2.29. The minimum atomic E-state index is 0. The summed E-state index contributed by atoms with van der Waals surface area (Å²) in [5.74, 6) is 0.896. The van der Waals surface area contributed by atoms with E-state index in [1.165, 1.54) is 57.9 Å². The Hall–Kier alpha value is -0.0100. The summed E-state index contributed by atoms with van der Waals surface area (Å²) >= 11 is 0. The van der Waals surface area contributed by atoms with Crippen molar-refractivity contribution in [3.63, 3.8) is 0 Å². The van der Waals surface area contributed by atoms with Gasteiger partial charge in [0, 0.05) is 6.04 Å². The van der Waals surface area contributed by atoms with Gasteiger partial charge in [0.2, 0.25) is 0 Å². The fourth-order valence-corrected chi connectivity index (χ4v) is 2.66. The molecule has 0 aromatic rings. The van der Waals surface area contributed by atoms with Crippen LogP contribution in [0, 0.1) is 5.92 Å². The second kappa shape index (κ2) is 7.29. The highest BCUT2D eigenvalue weighted by molar-refractivity contribution is 5.85. The third-order valence-corrected chi connectivity index (χ3v) is 3.61. The molecule has 2 heteroatoms. The number of allylic oxidation sites excluding steroid dienone is 1. The second-order valence-corrected chi connectivity index (χ2v) is 4.84. The van der Waals surface area contributed by atoms with Crippen molar-refractivity contribution < 1.29 is 0 Å². The van der Waals surface area contributed by atoms with E-state index in [1.807, 2.05) is 0 Å². The van der Waals surface area contributed by atoms with Crippen LogP contribution in [0.3, 0.4) is 0 Å². The summed E-state index contributed by atoms with van der Waals surface area (Å²) in [6, 6.07) is 0.686. The maximum absolute atomic E-state index is 3.57. The fourth-order valence-electron chi connectivity index (χ4n) is 2.66. The van der Waals surface area contributed by atoms with E-state index in [0.29, 0.717) is 6.04 Å². The van der Waals surface area contributed by atoms with Crippen LogP contribution >= 0.6 is 12.4 Å². The van der Waals surface area contributed by atoms with Crippen molar-refractivity contribution in [3.05, 3.63) is 12.2 Å². The standard InChI is InChI=1S/C13H23N.ClH/c1-2-6-12(7-3-1)9-10-13-8-4-5-11-14-13;/h9-10,12-14H,1-8,11H2;1H/b10-9+;. The average molecular weight is 230 g/mol. The predicted octanol–water partition coefficient (Wildman–Crippen LogP) is 3.69. The summed E-state index contributed by atoms with van der Waals surface area (Å²) < 4.78 is 0. The SMILES string of the molecule is C(=C\C1CCCCN1)/C1CCCCC1.Cl. The number of rotatable bonds is 2. The molecule has 0 spiro atoms. The largest absolute Gasteiger partial charge is 0.311 e. The van der Waals surface area contributed by atoms with Crippen molar-refractivity contribution in [2.75, 3.05) is 6.54 Å². The molecule has 1 aliphatic carbocycles. The molecule has 2 fully saturated rings. The van der Waals surface area contributed by atoms with Gasteiger partial charge in [-0.25, -0.2) is 0 Å². The molecule has 0 aromatic heterocycles. The van der Waals surface area contributed by atoms with Gasteiger partial charge >= 0.3 is 0 Å². The molecule has 88 valence electrons. The summed E-state index contributed by atoms with van der Waals surface area (Å²) in [4.78, 5) is 0. The zero-order valence-corrected chi connectivity index (χ0v) is 10.4. The van der Waals surface area contributed by atoms with Crippen LogP contribution in [-0.4, -0.2) is 12.6 Å². The first-order valence-corrected chi connectivity index (χ1v) is 6.37. The van der Waals surface area contributed by atoms with Crippen molar-refractivity contribution in [1.29, 1.82) is 0 Å². The Balaban J connectivity index is 0.00000112. The van der Waals surface area contributed by atoms with E-state index < -0.39 is 0 Å². The van der Waals surface area contributed by atoms with Gasteiger partial charge in [-0.05, 0) is 38.1 Å². The van der Waals surface area contributed by atoms with E-state index in [4.69, 9.17) is 0 Å². The van der Waals surface area contributed by atoms with Crippen molar-refractivity contribution in [2.45, 2.75) is 57.4 Å². The van der Waals surface area contributed by atoms with Crippen LogP contribution in [0.4, 0.5) is 0 Å². The van der Waals surface area contributed by atoms with E-state index in [-0.39, 0.29) is 12.4 Å². The molecule has 2 rings (SSSR count). The molecule has 1 saturated heterocycles. The molecular weight excluding hydrogens is 206 g/mol. The molecule has 1 atom stereocenters. The van der Waals surface area contributed by atoms with Crippen molar-refractivity contribution in [2.24, 2.45) is 5.92 Å². The molecule has 1 heterocycles. The van der Waals surface area contributed by atoms with Crippen LogP contribution < -0.4 is 5.32 Å². The topological polar surface area (TPSA) is 12.0 Å². The summed E-state index contributed by atoms with van der Waals surface area (Å²) in [5, 5.41) is 3.57. The minimum absolute atomic E-state index is 0. The summed E-state index contributed by atoms with van der Waals surface area (Å²) in [5.41, 5.74) is 0. The fraction of sp³-hybridized carbons (Fsp3) is 0.846. The number of hydrogen-bond donors (Lipinski definition) is 1. The lowest BCUT2D eigenvalue weighted by Crippen LogP contribution is -2.32. The van der Waals surface area contributed by atoms with Crippen molar-refractivity contribution in [3.8, 4) is 0 Å². The molecule has 1 unspecified atom stereocenters. The lowest BCUT2D eigenvalue weighted by atomic mass is 9.88. The Morgan fingerprint density at radius 2 is 1.53 bits per heavy atom. The maximum atomic E-state index is 3.57. The Kier molecular flexibility index (Phi) is 6.35. The van der Waals surface area contributed by atoms with Gasteiger partial charge in [0.05, 0.1) is 0 Å². The molecule has 0 bridgehead atoms. The second-order valence-electron chi connectivity index (χ2n) is 4.84. The van der Waals surface area contributed by atoms with Crippen molar-refractivity contribution >= 4 is 12.4 Å². The maximum Gasteiger partial charge on any atom is 0.0250 e. The van der Waals surface area contributed by atoms with Gasteiger partial charge in [-0.1, -0.05) is 37.8 Å². The van der Waals surface area contributed by atoms with Gasteiger partial charge in [0.1, 0.15) is 0 Å². The number of halogens is 1.